The van der Waals surface area contributed by atoms with Crippen LogP contribution in [0.4, 0.5) is 5.69 Å². The molecule has 0 aliphatic rings. The van der Waals surface area contributed by atoms with Gasteiger partial charge in [-0.05, 0) is 33.0 Å². The predicted octanol–water partition coefficient (Wildman–Crippen LogP) is 1.27. The molecule has 0 spiro atoms. The van der Waals surface area contributed by atoms with E-state index in [1.54, 1.807) is 6.92 Å². The van der Waals surface area contributed by atoms with Crippen molar-refractivity contribution in [2.45, 2.75) is 33.7 Å². The first kappa shape index (κ1) is 17.1. The van der Waals surface area contributed by atoms with Crippen molar-refractivity contribution in [1.82, 2.24) is 20.0 Å². The molecule has 8 heteroatoms. The summed E-state index contributed by atoms with van der Waals surface area (Å²) >= 11 is 0. The zero-order chi connectivity index (χ0) is 15.8. The number of amides is 1. The van der Waals surface area contributed by atoms with E-state index in [1.165, 1.54) is 4.68 Å². The molecule has 21 heavy (non-hydrogen) atoms. The molecule has 0 aromatic carbocycles. The molecule has 8 nitrogen and oxygen atoms in total. The van der Waals surface area contributed by atoms with Crippen LogP contribution in [0.15, 0.2) is 6.20 Å². The highest BCUT2D eigenvalue weighted by Crippen LogP contribution is 2.17. The Morgan fingerprint density at radius 3 is 2.62 bits per heavy atom. The number of carbonyl (C=O) groups is 1. The molecule has 1 aromatic rings. The van der Waals surface area contributed by atoms with E-state index in [1.807, 2.05) is 0 Å². The summed E-state index contributed by atoms with van der Waals surface area (Å²) < 4.78 is 1.35. The van der Waals surface area contributed by atoms with E-state index in [-0.39, 0.29) is 11.4 Å². The fourth-order valence-electron chi connectivity index (χ4n) is 2.11. The van der Waals surface area contributed by atoms with Crippen molar-refractivity contribution in [2.24, 2.45) is 0 Å². The van der Waals surface area contributed by atoms with Gasteiger partial charge in [0.25, 0.3) is 5.91 Å². The number of nitro groups is 1. The molecular weight excluding hydrogens is 274 g/mol. The van der Waals surface area contributed by atoms with Gasteiger partial charge in [-0.3, -0.25) is 19.6 Å². The molecule has 0 fully saturated rings. The van der Waals surface area contributed by atoms with Crippen LogP contribution in [-0.4, -0.2) is 51.7 Å². The number of carbonyl (C=O) groups excluding carboxylic acids is 1. The van der Waals surface area contributed by atoms with Gasteiger partial charge in [-0.1, -0.05) is 13.8 Å². The lowest BCUT2D eigenvalue weighted by molar-refractivity contribution is -0.385. The van der Waals surface area contributed by atoms with Crippen LogP contribution < -0.4 is 5.32 Å². The average Bonchev–Trinajstić information content (AvgIpc) is 2.91. The van der Waals surface area contributed by atoms with Crippen LogP contribution in [0.1, 0.15) is 37.7 Å². The van der Waals surface area contributed by atoms with Gasteiger partial charge in [0.1, 0.15) is 6.20 Å². The van der Waals surface area contributed by atoms with Crippen LogP contribution in [0, 0.1) is 10.1 Å². The van der Waals surface area contributed by atoms with Crippen LogP contribution in [0.25, 0.3) is 0 Å². The van der Waals surface area contributed by atoms with E-state index in [2.05, 4.69) is 29.2 Å². The van der Waals surface area contributed by atoms with Gasteiger partial charge in [0.05, 0.1) is 4.92 Å². The van der Waals surface area contributed by atoms with Crippen LogP contribution in [0.5, 0.6) is 0 Å². The van der Waals surface area contributed by atoms with Crippen molar-refractivity contribution < 1.29 is 9.72 Å². The summed E-state index contributed by atoms with van der Waals surface area (Å²) in [5.74, 6) is -0.444. The van der Waals surface area contributed by atoms with Gasteiger partial charge < -0.3 is 10.2 Å². The summed E-state index contributed by atoms with van der Waals surface area (Å²) in [6, 6.07) is 0. The van der Waals surface area contributed by atoms with Gasteiger partial charge in [-0.15, -0.1) is 0 Å². The molecule has 0 saturated carbocycles. The maximum Gasteiger partial charge on any atom is 0.320 e. The predicted molar refractivity (Wildman–Crippen MR) is 79.3 cm³/mol. The molecule has 0 unspecified atom stereocenters. The highest BCUT2D eigenvalue weighted by atomic mass is 16.6. The molecule has 0 radical (unpaired) electrons. The first-order valence-corrected chi connectivity index (χ1v) is 7.25. The second-order valence-corrected chi connectivity index (χ2v) is 4.59. The molecule has 0 atom stereocenters. The molecule has 118 valence electrons. The Kier molecular flexibility index (Phi) is 6.80. The lowest BCUT2D eigenvalue weighted by atomic mass is 10.3. The van der Waals surface area contributed by atoms with E-state index in [9.17, 15) is 14.9 Å². The van der Waals surface area contributed by atoms with E-state index in [0.29, 0.717) is 13.1 Å². The summed E-state index contributed by atoms with van der Waals surface area (Å²) in [6.45, 7) is 9.70. The summed E-state index contributed by atoms with van der Waals surface area (Å²) in [6.07, 6.45) is 1.93. The first-order valence-electron chi connectivity index (χ1n) is 7.25. The third kappa shape index (κ3) is 4.52. The van der Waals surface area contributed by atoms with E-state index < -0.39 is 10.8 Å². The van der Waals surface area contributed by atoms with Crippen molar-refractivity contribution in [1.29, 1.82) is 0 Å². The third-order valence-corrected chi connectivity index (χ3v) is 3.36. The first-order chi connectivity index (χ1) is 10.0. The van der Waals surface area contributed by atoms with Gasteiger partial charge in [-0.25, -0.2) is 0 Å². The lowest BCUT2D eigenvalue weighted by Gasteiger charge is -2.17. The summed E-state index contributed by atoms with van der Waals surface area (Å²) in [4.78, 5) is 24.7. The van der Waals surface area contributed by atoms with Gasteiger partial charge >= 0.3 is 5.69 Å². The summed E-state index contributed by atoms with van der Waals surface area (Å²) in [5.41, 5.74) is -0.233. The smallest absolute Gasteiger partial charge is 0.320 e. The van der Waals surface area contributed by atoms with Gasteiger partial charge in [0.2, 0.25) is 5.69 Å². The Bertz CT molecular complexity index is 482. The Balaban J connectivity index is 2.60. The minimum Gasteiger partial charge on any atom is -0.350 e. The third-order valence-electron chi connectivity index (χ3n) is 3.36. The second-order valence-electron chi connectivity index (χ2n) is 4.59. The van der Waals surface area contributed by atoms with Crippen molar-refractivity contribution >= 4 is 11.6 Å². The number of hydrogen-bond acceptors (Lipinski definition) is 5. The Hall–Kier alpha value is -1.96. The molecule has 0 aliphatic carbocycles. The normalized spacial score (nSPS) is 10.9. The fourth-order valence-corrected chi connectivity index (χ4v) is 2.11. The maximum absolute atomic E-state index is 12.1. The molecule has 0 bridgehead atoms. The van der Waals surface area contributed by atoms with Crippen molar-refractivity contribution in [3.8, 4) is 0 Å². The highest BCUT2D eigenvalue weighted by Gasteiger charge is 2.25. The van der Waals surface area contributed by atoms with Crippen LogP contribution >= 0.6 is 0 Å². The van der Waals surface area contributed by atoms with Crippen LogP contribution in [-0.2, 0) is 6.54 Å². The average molecular weight is 297 g/mol. The largest absolute Gasteiger partial charge is 0.350 e. The van der Waals surface area contributed by atoms with Crippen molar-refractivity contribution in [2.75, 3.05) is 26.2 Å². The van der Waals surface area contributed by atoms with Crippen molar-refractivity contribution in [3.05, 3.63) is 22.0 Å². The monoisotopic (exact) mass is 297 g/mol. The molecule has 1 N–H and O–H groups in total. The fraction of sp³-hybridized carbons (Fsp3) is 0.692. The van der Waals surface area contributed by atoms with Gasteiger partial charge in [-0.2, -0.15) is 5.10 Å². The number of aryl methyl sites for hydroxylation is 1. The Morgan fingerprint density at radius 1 is 1.43 bits per heavy atom. The standard InChI is InChI=1S/C13H23N5O3/c1-4-16(5-2)9-7-8-14-13(19)12-11(18(20)21)10-15-17(12)6-3/h10H,4-9H2,1-3H3,(H,14,19). The number of aromatic nitrogens is 2. The van der Waals surface area contributed by atoms with E-state index in [4.69, 9.17) is 0 Å². The maximum atomic E-state index is 12.1. The SMILES string of the molecule is CCN(CC)CCCNC(=O)c1c([N+](=O)[O-])cnn1CC. The molecule has 1 rings (SSSR count). The second kappa shape index (κ2) is 8.35. The molecule has 1 aromatic heterocycles. The summed E-state index contributed by atoms with van der Waals surface area (Å²) in [7, 11) is 0. The minimum absolute atomic E-state index is 0.0188. The Labute approximate surface area is 124 Å². The van der Waals surface area contributed by atoms with Gasteiger partial charge in [0.15, 0.2) is 0 Å². The lowest BCUT2D eigenvalue weighted by Crippen LogP contribution is -2.31. The topological polar surface area (TPSA) is 93.3 Å². The van der Waals surface area contributed by atoms with Crippen LogP contribution in [0.3, 0.4) is 0 Å². The molecule has 1 amide bonds. The van der Waals surface area contributed by atoms with Crippen LogP contribution in [0.2, 0.25) is 0 Å². The number of rotatable bonds is 9. The Morgan fingerprint density at radius 2 is 2.10 bits per heavy atom. The van der Waals surface area contributed by atoms with E-state index in [0.717, 1.165) is 32.3 Å². The zero-order valence-electron chi connectivity index (χ0n) is 12.8. The zero-order valence-corrected chi connectivity index (χ0v) is 12.8. The number of nitrogens with zero attached hydrogens (tertiary/aromatic N) is 4. The van der Waals surface area contributed by atoms with E-state index >= 15 is 0 Å². The van der Waals surface area contributed by atoms with Crippen molar-refractivity contribution in [3.63, 3.8) is 0 Å². The van der Waals surface area contributed by atoms with Gasteiger partial charge in [0, 0.05) is 13.1 Å². The molecular formula is C13H23N5O3. The molecule has 1 heterocycles. The summed E-state index contributed by atoms with van der Waals surface area (Å²) in [5, 5.41) is 17.5. The number of nitrogens with one attached hydrogen (secondary N) is 1. The number of hydrogen-bond donors (Lipinski definition) is 1. The molecule has 0 aliphatic heterocycles. The minimum atomic E-state index is -0.579. The highest BCUT2D eigenvalue weighted by molar-refractivity contribution is 5.96. The molecule has 0 saturated heterocycles. The quantitative estimate of drug-likeness (QED) is 0.421.